The summed E-state index contributed by atoms with van der Waals surface area (Å²) < 4.78 is 58.4. The molecule has 2 fully saturated rings. The van der Waals surface area contributed by atoms with Crippen molar-refractivity contribution in [3.8, 4) is 41.2 Å². The van der Waals surface area contributed by atoms with Crippen LogP contribution in [0, 0.1) is 24.0 Å². The number of carbonyl (C=O) groups is 1. The number of nitrogens with zero attached hydrogens (tertiary/aromatic N) is 5. The third-order valence-electron chi connectivity index (χ3n) is 9.10. The number of hydrogen-bond acceptors (Lipinski definition) is 9. The minimum absolute atomic E-state index is 0.000423. The lowest BCUT2D eigenvalue weighted by atomic mass is 9.95. The first-order chi connectivity index (χ1) is 22.0. The van der Waals surface area contributed by atoms with Crippen LogP contribution in [0.1, 0.15) is 31.7 Å². The smallest absolute Gasteiger partial charge is 0.319 e. The van der Waals surface area contributed by atoms with Gasteiger partial charge >= 0.3 is 6.01 Å². The Balaban J connectivity index is 1.47. The van der Waals surface area contributed by atoms with E-state index in [-0.39, 0.29) is 81.9 Å². The fourth-order valence-electron chi connectivity index (χ4n) is 7.02. The fourth-order valence-corrected chi connectivity index (χ4v) is 7.02. The summed E-state index contributed by atoms with van der Waals surface area (Å²) in [5.74, 6) is -0.519. The Bertz CT molecular complexity index is 2020. The Morgan fingerprint density at radius 2 is 2.09 bits per heavy atom. The first kappa shape index (κ1) is 29.6. The zero-order chi connectivity index (χ0) is 32.5. The van der Waals surface area contributed by atoms with Crippen molar-refractivity contribution in [3.05, 3.63) is 53.7 Å². The van der Waals surface area contributed by atoms with Crippen LogP contribution in [0.4, 0.5) is 19.0 Å². The van der Waals surface area contributed by atoms with E-state index in [9.17, 15) is 18.7 Å². The Morgan fingerprint density at radius 1 is 1.28 bits per heavy atom. The Labute approximate surface area is 261 Å². The normalized spacial score (nSPS) is 22.4. The van der Waals surface area contributed by atoms with Crippen molar-refractivity contribution in [1.29, 1.82) is 0 Å². The van der Waals surface area contributed by atoms with Gasteiger partial charge in [-0.15, -0.1) is 6.42 Å². The molecule has 7 rings (SSSR count). The van der Waals surface area contributed by atoms with Crippen LogP contribution in [0.15, 0.2) is 36.5 Å². The van der Waals surface area contributed by atoms with E-state index in [4.69, 9.17) is 21.6 Å². The summed E-state index contributed by atoms with van der Waals surface area (Å²) in [6.45, 7) is 6.60. The van der Waals surface area contributed by atoms with E-state index in [0.29, 0.717) is 18.4 Å². The predicted octanol–water partition coefficient (Wildman–Crippen LogP) is 4.35. The molecule has 10 nitrogen and oxygen atoms in total. The second kappa shape index (κ2) is 10.8. The molecule has 5 heterocycles. The number of amides is 1. The zero-order valence-electron chi connectivity index (χ0n) is 24.8. The number of benzene rings is 2. The molecule has 3 aliphatic rings. The van der Waals surface area contributed by atoms with Crippen molar-refractivity contribution in [1.82, 2.24) is 19.9 Å². The SMILES string of the molecule is C#Cc1c(F)ccc2cc(O)cc(-c3nc4c5c(nc(OC[C@@]67CCCN6C[C@H](F)C7)nc5c3F)N(C(=C)C(N)=O)[C@@H](C)CO4)c12. The van der Waals surface area contributed by atoms with Crippen LogP contribution < -0.4 is 20.1 Å². The Morgan fingerprint density at radius 3 is 2.85 bits per heavy atom. The average Bonchev–Trinajstić information content (AvgIpc) is 3.50. The molecular formula is C33H29F3N6O4. The van der Waals surface area contributed by atoms with Crippen molar-refractivity contribution in [2.75, 3.05) is 31.2 Å². The van der Waals surface area contributed by atoms with Crippen molar-refractivity contribution in [2.45, 2.75) is 43.9 Å². The fraction of sp³-hybridized carbons (Fsp3) is 0.333. The van der Waals surface area contributed by atoms with Crippen LogP contribution in [0.2, 0.25) is 0 Å². The van der Waals surface area contributed by atoms with Crippen LogP contribution in [-0.2, 0) is 4.79 Å². The molecule has 0 unspecified atom stereocenters. The number of aromatic nitrogens is 3. The molecule has 1 amide bonds. The second-order valence-corrected chi connectivity index (χ2v) is 12.0. The summed E-state index contributed by atoms with van der Waals surface area (Å²) in [6.07, 6.45) is 6.55. The average molecular weight is 631 g/mol. The van der Waals surface area contributed by atoms with Crippen molar-refractivity contribution in [3.63, 3.8) is 0 Å². The highest BCUT2D eigenvalue weighted by atomic mass is 19.1. The number of fused-ring (bicyclic) bond motifs is 2. The van der Waals surface area contributed by atoms with Crippen LogP contribution in [0.3, 0.4) is 0 Å². The lowest BCUT2D eigenvalue weighted by molar-refractivity contribution is -0.114. The van der Waals surface area contributed by atoms with Crippen LogP contribution >= 0.6 is 0 Å². The van der Waals surface area contributed by atoms with E-state index >= 15 is 4.39 Å². The topological polar surface area (TPSA) is 127 Å². The van der Waals surface area contributed by atoms with Crippen LogP contribution in [0.25, 0.3) is 32.9 Å². The number of ether oxygens (including phenoxy) is 2. The van der Waals surface area contributed by atoms with Gasteiger partial charge in [0.1, 0.15) is 53.2 Å². The summed E-state index contributed by atoms with van der Waals surface area (Å²) in [6, 6.07) is 4.36. The van der Waals surface area contributed by atoms with Gasteiger partial charge in [-0.2, -0.15) is 9.97 Å². The number of hydrogen-bond donors (Lipinski definition) is 2. The maximum atomic E-state index is 16.9. The third-order valence-corrected chi connectivity index (χ3v) is 9.10. The number of halogens is 3. The summed E-state index contributed by atoms with van der Waals surface area (Å²) in [4.78, 5) is 29.3. The largest absolute Gasteiger partial charge is 0.508 e. The number of phenols is 1. The highest BCUT2D eigenvalue weighted by Gasteiger charge is 2.49. The molecule has 4 aromatic rings. The Hall–Kier alpha value is -5.09. The number of phenolic OH excluding ortho intramolecular Hbond substituents is 1. The zero-order valence-corrected chi connectivity index (χ0v) is 24.8. The maximum Gasteiger partial charge on any atom is 0.319 e. The lowest BCUT2D eigenvalue weighted by Gasteiger charge is -2.31. The first-order valence-corrected chi connectivity index (χ1v) is 14.8. The van der Waals surface area contributed by atoms with Gasteiger partial charge in [0.05, 0.1) is 17.1 Å². The Kier molecular flexibility index (Phi) is 6.93. The second-order valence-electron chi connectivity index (χ2n) is 12.0. The third kappa shape index (κ3) is 4.55. The molecule has 236 valence electrons. The highest BCUT2D eigenvalue weighted by Crippen LogP contribution is 2.45. The summed E-state index contributed by atoms with van der Waals surface area (Å²) in [5.41, 5.74) is 4.17. The molecule has 0 aliphatic carbocycles. The molecule has 0 spiro atoms. The summed E-state index contributed by atoms with van der Waals surface area (Å²) >= 11 is 0. The van der Waals surface area contributed by atoms with E-state index in [1.54, 1.807) is 6.92 Å². The van der Waals surface area contributed by atoms with E-state index in [1.165, 1.54) is 23.1 Å². The number of terminal acetylenes is 1. The summed E-state index contributed by atoms with van der Waals surface area (Å²) in [5, 5.41) is 11.1. The lowest BCUT2D eigenvalue weighted by Crippen LogP contribution is -2.43. The highest BCUT2D eigenvalue weighted by molar-refractivity contribution is 6.05. The molecule has 3 N–H and O–H groups in total. The van der Waals surface area contributed by atoms with Gasteiger partial charge in [-0.1, -0.05) is 18.6 Å². The molecule has 0 bridgehead atoms. The number of carbonyl (C=O) groups excluding carboxylic acids is 1. The minimum atomic E-state index is -0.998. The van der Waals surface area contributed by atoms with E-state index in [0.717, 1.165) is 19.0 Å². The van der Waals surface area contributed by atoms with Gasteiger partial charge in [0, 0.05) is 23.9 Å². The van der Waals surface area contributed by atoms with Crippen molar-refractivity contribution in [2.24, 2.45) is 5.73 Å². The van der Waals surface area contributed by atoms with Gasteiger partial charge < -0.3 is 25.2 Å². The van der Waals surface area contributed by atoms with Crippen molar-refractivity contribution >= 4 is 33.4 Å². The molecule has 46 heavy (non-hydrogen) atoms. The van der Waals surface area contributed by atoms with Crippen LogP contribution in [-0.4, -0.2) is 74.9 Å². The number of alkyl halides is 1. The first-order valence-electron chi connectivity index (χ1n) is 14.8. The molecule has 2 aromatic carbocycles. The quantitative estimate of drug-likeness (QED) is 0.236. The molecule has 3 atom stereocenters. The maximum absolute atomic E-state index is 16.9. The number of anilines is 1. The molecule has 0 radical (unpaired) electrons. The molecule has 3 aliphatic heterocycles. The van der Waals surface area contributed by atoms with Gasteiger partial charge in [0.15, 0.2) is 11.6 Å². The van der Waals surface area contributed by atoms with E-state index in [2.05, 4.69) is 32.4 Å². The van der Waals surface area contributed by atoms with E-state index in [1.807, 2.05) is 0 Å². The number of aromatic hydroxyl groups is 1. The molecule has 2 aromatic heterocycles. The monoisotopic (exact) mass is 630 g/mol. The number of primary amides is 1. The van der Waals surface area contributed by atoms with Gasteiger partial charge in [0.25, 0.3) is 5.91 Å². The van der Waals surface area contributed by atoms with Gasteiger partial charge in [-0.3, -0.25) is 9.69 Å². The number of nitrogens with two attached hydrogens (primary N) is 1. The van der Waals surface area contributed by atoms with E-state index < -0.39 is 35.3 Å². The number of rotatable bonds is 6. The summed E-state index contributed by atoms with van der Waals surface area (Å²) in [7, 11) is 0. The predicted molar refractivity (Wildman–Crippen MR) is 164 cm³/mol. The van der Waals surface area contributed by atoms with Gasteiger partial charge in [-0.05, 0) is 49.9 Å². The number of pyridine rings is 1. The minimum Gasteiger partial charge on any atom is -0.508 e. The van der Waals surface area contributed by atoms with Crippen LogP contribution in [0.5, 0.6) is 17.6 Å². The van der Waals surface area contributed by atoms with Gasteiger partial charge in [-0.25, -0.2) is 18.2 Å². The molecule has 13 heteroatoms. The van der Waals surface area contributed by atoms with Gasteiger partial charge in [0.2, 0.25) is 5.88 Å². The molecular weight excluding hydrogens is 601 g/mol. The molecule has 0 saturated carbocycles. The van der Waals surface area contributed by atoms with Crippen molar-refractivity contribution < 1.29 is 32.5 Å². The standard InChI is InChI=1S/C33H29F3N6O4/c1-4-21-23(35)7-6-18-10-20(43)11-22(24(18)21)27-26(36)28-25-30(42(17(3)29(37)44)16(2)14-45-31(25)38-27)40-32(39-28)46-15-33-8-5-9-41(33)13-19(34)12-33/h1,6-7,10-11,16,19,43H,3,5,8-9,12-15H2,2H3,(H2,37,44)/t16-,19+,33-/m0/s1. The molecule has 2 saturated heterocycles.